The highest BCUT2D eigenvalue weighted by atomic mass is 32.2. The van der Waals surface area contributed by atoms with Crippen molar-refractivity contribution in [3.8, 4) is 5.75 Å². The van der Waals surface area contributed by atoms with Gasteiger partial charge in [-0.25, -0.2) is 8.42 Å². The Morgan fingerprint density at radius 1 is 0.977 bits per heavy atom. The van der Waals surface area contributed by atoms with Crippen molar-refractivity contribution in [1.82, 2.24) is 10.2 Å². The van der Waals surface area contributed by atoms with Crippen LogP contribution >= 0.6 is 0 Å². The van der Waals surface area contributed by atoms with Crippen LogP contribution in [0, 0.1) is 6.92 Å². The number of hydrogen-bond donors (Lipinski definition) is 1. The maximum absolute atomic E-state index is 14.0. The van der Waals surface area contributed by atoms with Gasteiger partial charge in [-0.1, -0.05) is 42.8 Å². The summed E-state index contributed by atoms with van der Waals surface area (Å²) in [5.41, 5.74) is -0.0143. The molecule has 12 heteroatoms. The third-order valence-corrected chi connectivity index (χ3v) is 8.82. The minimum Gasteiger partial charge on any atom is -0.497 e. The quantitative estimate of drug-likeness (QED) is 0.287. The second-order valence-corrected chi connectivity index (χ2v) is 12.1. The normalized spacial score (nSPS) is 13.1. The predicted molar refractivity (Wildman–Crippen MR) is 158 cm³/mol. The molecule has 0 aliphatic rings. The summed E-state index contributed by atoms with van der Waals surface area (Å²) in [5, 5.41) is 2.83. The molecule has 2 atom stereocenters. The van der Waals surface area contributed by atoms with Crippen LogP contribution in [-0.4, -0.2) is 50.9 Å². The van der Waals surface area contributed by atoms with Gasteiger partial charge in [0.25, 0.3) is 10.0 Å². The van der Waals surface area contributed by atoms with Gasteiger partial charge in [0.05, 0.1) is 23.3 Å². The number of amides is 2. The number of nitrogens with zero attached hydrogens (tertiary/aromatic N) is 2. The number of alkyl halides is 3. The number of hydrogen-bond acceptors (Lipinski definition) is 5. The van der Waals surface area contributed by atoms with Crippen LogP contribution in [0.2, 0.25) is 0 Å². The SMILES string of the molecule is CC[C@H](C)NC(=O)[C@@H](C)N(Cc1ccc(OC)cc1)C(=O)CN(c1cccc(C(F)(F)F)c1)S(=O)(=O)c1ccc(C)cc1. The van der Waals surface area contributed by atoms with Crippen molar-refractivity contribution in [3.05, 3.63) is 89.5 Å². The van der Waals surface area contributed by atoms with Crippen molar-refractivity contribution in [2.24, 2.45) is 0 Å². The number of aryl methyl sites for hydroxylation is 1. The lowest BCUT2D eigenvalue weighted by Gasteiger charge is -2.32. The highest BCUT2D eigenvalue weighted by molar-refractivity contribution is 7.92. The standard InChI is InChI=1S/C31H36F3N3O5S/c1-6-22(3)35-30(39)23(4)36(19-24-12-14-27(42-5)15-13-24)29(38)20-37(26-9-7-8-25(18-26)31(32,33)34)43(40,41)28-16-10-21(2)11-17-28/h7-18,22-23H,6,19-20H2,1-5H3,(H,35,39)/t22-,23+/m0/s1. The topological polar surface area (TPSA) is 96.0 Å². The van der Waals surface area contributed by atoms with Crippen molar-refractivity contribution in [2.45, 2.75) is 63.8 Å². The van der Waals surface area contributed by atoms with Gasteiger partial charge >= 0.3 is 6.18 Å². The summed E-state index contributed by atoms with van der Waals surface area (Å²) in [6.45, 7) is 6.05. The van der Waals surface area contributed by atoms with Gasteiger partial charge in [0.1, 0.15) is 18.3 Å². The van der Waals surface area contributed by atoms with Crippen molar-refractivity contribution < 1.29 is 35.9 Å². The number of sulfonamides is 1. The van der Waals surface area contributed by atoms with Crippen LogP contribution in [-0.2, 0) is 32.3 Å². The number of methoxy groups -OCH3 is 1. The number of halogens is 3. The van der Waals surface area contributed by atoms with E-state index >= 15 is 0 Å². The molecule has 0 aromatic heterocycles. The molecular weight excluding hydrogens is 583 g/mol. The highest BCUT2D eigenvalue weighted by Gasteiger charge is 2.35. The molecule has 3 aromatic carbocycles. The van der Waals surface area contributed by atoms with Crippen molar-refractivity contribution in [1.29, 1.82) is 0 Å². The Morgan fingerprint density at radius 2 is 1.60 bits per heavy atom. The molecule has 43 heavy (non-hydrogen) atoms. The zero-order valence-electron chi connectivity index (χ0n) is 24.7. The third kappa shape index (κ3) is 8.50. The predicted octanol–water partition coefficient (Wildman–Crippen LogP) is 5.55. The summed E-state index contributed by atoms with van der Waals surface area (Å²) in [6, 6.07) is 15.1. The van der Waals surface area contributed by atoms with Gasteiger partial charge in [0, 0.05) is 12.6 Å². The average molecular weight is 620 g/mol. The van der Waals surface area contributed by atoms with Crippen LogP contribution in [0.15, 0.2) is 77.7 Å². The van der Waals surface area contributed by atoms with Gasteiger partial charge in [0.15, 0.2) is 0 Å². The molecule has 2 amide bonds. The van der Waals surface area contributed by atoms with E-state index in [2.05, 4.69) is 5.32 Å². The van der Waals surface area contributed by atoms with Gasteiger partial charge < -0.3 is 15.0 Å². The van der Waals surface area contributed by atoms with Gasteiger partial charge in [-0.3, -0.25) is 13.9 Å². The summed E-state index contributed by atoms with van der Waals surface area (Å²) in [4.78, 5) is 28.1. The lowest BCUT2D eigenvalue weighted by atomic mass is 10.1. The van der Waals surface area contributed by atoms with Crippen LogP contribution in [0.4, 0.5) is 18.9 Å². The molecule has 3 aromatic rings. The van der Waals surface area contributed by atoms with Gasteiger partial charge in [-0.15, -0.1) is 0 Å². The second-order valence-electron chi connectivity index (χ2n) is 10.2. The number of ether oxygens (including phenoxy) is 1. The Balaban J connectivity index is 2.08. The maximum Gasteiger partial charge on any atom is 0.416 e. The molecule has 0 fully saturated rings. The zero-order valence-corrected chi connectivity index (χ0v) is 25.5. The first-order valence-corrected chi connectivity index (χ1v) is 15.1. The van der Waals surface area contributed by atoms with E-state index in [9.17, 15) is 31.2 Å². The molecule has 8 nitrogen and oxygen atoms in total. The Morgan fingerprint density at radius 3 is 2.16 bits per heavy atom. The molecule has 0 saturated carbocycles. The molecule has 0 bridgehead atoms. The van der Waals surface area contributed by atoms with Crippen LogP contribution in [0.25, 0.3) is 0 Å². The molecule has 1 N–H and O–H groups in total. The van der Waals surface area contributed by atoms with E-state index in [1.54, 1.807) is 43.3 Å². The van der Waals surface area contributed by atoms with Crippen LogP contribution in [0.1, 0.15) is 43.9 Å². The Kier molecular flexibility index (Phi) is 10.8. The summed E-state index contributed by atoms with van der Waals surface area (Å²) in [6.07, 6.45) is -4.11. The molecule has 0 unspecified atom stereocenters. The lowest BCUT2D eigenvalue weighted by Crippen LogP contribution is -2.52. The fourth-order valence-corrected chi connectivity index (χ4v) is 5.59. The fourth-order valence-electron chi connectivity index (χ4n) is 4.18. The summed E-state index contributed by atoms with van der Waals surface area (Å²) in [7, 11) is -3.01. The number of anilines is 1. The molecule has 0 aliphatic carbocycles. The van der Waals surface area contributed by atoms with Crippen LogP contribution in [0.5, 0.6) is 5.75 Å². The Hall–Kier alpha value is -4.06. The summed E-state index contributed by atoms with van der Waals surface area (Å²) in [5.74, 6) is -0.664. The van der Waals surface area contributed by atoms with E-state index in [4.69, 9.17) is 4.74 Å². The summed E-state index contributed by atoms with van der Waals surface area (Å²) < 4.78 is 74.4. The molecule has 232 valence electrons. The highest BCUT2D eigenvalue weighted by Crippen LogP contribution is 2.33. The van der Waals surface area contributed by atoms with Crippen LogP contribution in [0.3, 0.4) is 0 Å². The van der Waals surface area contributed by atoms with Crippen molar-refractivity contribution in [3.63, 3.8) is 0 Å². The van der Waals surface area contributed by atoms with Gasteiger partial charge in [0.2, 0.25) is 11.8 Å². The smallest absolute Gasteiger partial charge is 0.416 e. The van der Waals surface area contributed by atoms with E-state index in [1.807, 2.05) is 13.8 Å². The lowest BCUT2D eigenvalue weighted by molar-refractivity contribution is -0.139. The van der Waals surface area contributed by atoms with Gasteiger partial charge in [-0.05, 0) is 75.2 Å². The third-order valence-electron chi connectivity index (χ3n) is 7.03. The molecule has 0 saturated heterocycles. The van der Waals surface area contributed by atoms with Crippen molar-refractivity contribution >= 4 is 27.5 Å². The Labute approximate surface area is 250 Å². The van der Waals surface area contributed by atoms with Crippen LogP contribution < -0.4 is 14.4 Å². The van der Waals surface area contributed by atoms with E-state index in [0.717, 1.165) is 17.7 Å². The number of carbonyl (C=O) groups excluding carboxylic acids is 2. The van der Waals surface area contributed by atoms with Gasteiger partial charge in [-0.2, -0.15) is 13.2 Å². The summed E-state index contributed by atoms with van der Waals surface area (Å²) >= 11 is 0. The monoisotopic (exact) mass is 619 g/mol. The Bertz CT molecular complexity index is 1510. The number of carbonyl (C=O) groups is 2. The molecule has 0 radical (unpaired) electrons. The molecule has 0 spiro atoms. The second kappa shape index (κ2) is 13.9. The number of benzene rings is 3. The first-order chi connectivity index (χ1) is 20.2. The van der Waals surface area contributed by atoms with E-state index in [1.165, 1.54) is 37.1 Å². The fraction of sp³-hybridized carbons (Fsp3) is 0.355. The largest absolute Gasteiger partial charge is 0.497 e. The number of rotatable bonds is 12. The van der Waals surface area contributed by atoms with E-state index < -0.39 is 46.2 Å². The molecule has 0 aliphatic heterocycles. The van der Waals surface area contributed by atoms with E-state index in [0.29, 0.717) is 28.1 Å². The minimum absolute atomic E-state index is 0.0705. The molecule has 0 heterocycles. The van der Waals surface area contributed by atoms with E-state index in [-0.39, 0.29) is 23.2 Å². The first kappa shape index (κ1) is 33.4. The maximum atomic E-state index is 14.0. The average Bonchev–Trinajstić information content (AvgIpc) is 2.98. The van der Waals surface area contributed by atoms with Crippen molar-refractivity contribution in [2.75, 3.05) is 18.0 Å². The molecular formula is C31H36F3N3O5S. The molecule has 3 rings (SSSR count). The zero-order chi connectivity index (χ0) is 31.9. The first-order valence-electron chi connectivity index (χ1n) is 13.7. The minimum atomic E-state index is -4.75. The number of nitrogens with one attached hydrogen (secondary N) is 1.